The molecule has 1 aromatic heterocycles. The first-order valence-electron chi connectivity index (χ1n) is 10.9. The molecule has 10 heteroatoms. The molecule has 0 unspecified atom stereocenters. The zero-order chi connectivity index (χ0) is 24.1. The number of nitrogens with zero attached hydrogens (tertiary/aromatic N) is 3. The van der Waals surface area contributed by atoms with Crippen molar-refractivity contribution >= 4 is 34.7 Å². The number of aryl methyl sites for hydroxylation is 1. The molecule has 0 aliphatic carbocycles. The van der Waals surface area contributed by atoms with Crippen LogP contribution in [0.25, 0.3) is 0 Å². The van der Waals surface area contributed by atoms with Gasteiger partial charge in [-0.05, 0) is 49.6 Å². The number of benzene rings is 2. The molecule has 3 aromatic rings. The molecular weight excluding hydrogens is 457 g/mol. The number of anilines is 1. The predicted molar refractivity (Wildman–Crippen MR) is 126 cm³/mol. The summed E-state index contributed by atoms with van der Waals surface area (Å²) < 4.78 is 13.0. The van der Waals surface area contributed by atoms with Gasteiger partial charge in [-0.3, -0.25) is 14.4 Å². The zero-order valence-electron chi connectivity index (χ0n) is 18.6. The molecule has 1 fully saturated rings. The summed E-state index contributed by atoms with van der Waals surface area (Å²) in [6, 6.07) is 13.3. The molecule has 1 saturated heterocycles. The van der Waals surface area contributed by atoms with E-state index in [-0.39, 0.29) is 34.3 Å². The Kier molecular flexibility index (Phi) is 7.27. The molecule has 1 aliphatic rings. The van der Waals surface area contributed by atoms with Gasteiger partial charge in [-0.2, -0.15) is 0 Å². The van der Waals surface area contributed by atoms with Gasteiger partial charge in [-0.25, -0.2) is 4.39 Å². The van der Waals surface area contributed by atoms with E-state index >= 15 is 0 Å². The van der Waals surface area contributed by atoms with Crippen LogP contribution in [0.3, 0.4) is 0 Å². The van der Waals surface area contributed by atoms with Crippen LogP contribution in [0.1, 0.15) is 43.6 Å². The average Bonchev–Trinajstić information content (AvgIpc) is 3.35. The number of nitrogens with one attached hydrogen (secondary N) is 2. The fraction of sp³-hybridized carbons (Fsp3) is 0.292. The monoisotopic (exact) mass is 481 g/mol. The summed E-state index contributed by atoms with van der Waals surface area (Å²) in [5.74, 6) is -1.69. The first-order valence-corrected chi connectivity index (χ1v) is 11.7. The van der Waals surface area contributed by atoms with Crippen LogP contribution < -0.4 is 10.6 Å². The number of hydrogen-bond donors (Lipinski definition) is 2. The highest BCUT2D eigenvalue weighted by molar-refractivity contribution is 7.15. The van der Waals surface area contributed by atoms with Gasteiger partial charge < -0.3 is 15.5 Å². The fourth-order valence-electron chi connectivity index (χ4n) is 3.67. The molecule has 2 aromatic carbocycles. The Bertz CT molecular complexity index is 1180. The van der Waals surface area contributed by atoms with Gasteiger partial charge in [0.15, 0.2) is 0 Å². The van der Waals surface area contributed by atoms with Crippen molar-refractivity contribution in [2.75, 3.05) is 18.4 Å². The average molecular weight is 482 g/mol. The molecule has 176 valence electrons. The Balaban J connectivity index is 1.33. The second-order valence-electron chi connectivity index (χ2n) is 8.17. The van der Waals surface area contributed by atoms with Crippen LogP contribution in [0.15, 0.2) is 48.5 Å². The van der Waals surface area contributed by atoms with E-state index in [0.29, 0.717) is 31.6 Å². The van der Waals surface area contributed by atoms with Gasteiger partial charge in [-0.1, -0.05) is 41.2 Å². The van der Waals surface area contributed by atoms with Gasteiger partial charge in [0.2, 0.25) is 15.9 Å². The smallest absolute Gasteiger partial charge is 0.286 e. The maximum atomic E-state index is 13.0. The van der Waals surface area contributed by atoms with E-state index in [4.69, 9.17) is 0 Å². The number of carbonyl (C=O) groups excluding carboxylic acids is 3. The lowest BCUT2D eigenvalue weighted by molar-refractivity contribution is -0.126. The Morgan fingerprint density at radius 1 is 1.06 bits per heavy atom. The van der Waals surface area contributed by atoms with Crippen molar-refractivity contribution in [3.05, 3.63) is 75.5 Å². The third-order valence-corrected chi connectivity index (χ3v) is 6.48. The number of halogens is 1. The van der Waals surface area contributed by atoms with Gasteiger partial charge in [0.05, 0.1) is 5.92 Å². The largest absolute Gasteiger partial charge is 0.352 e. The Labute approximate surface area is 200 Å². The lowest BCUT2D eigenvalue weighted by Crippen LogP contribution is -2.45. The summed E-state index contributed by atoms with van der Waals surface area (Å²) >= 11 is 0.883. The van der Waals surface area contributed by atoms with E-state index in [1.165, 1.54) is 24.3 Å². The number of rotatable bonds is 6. The summed E-state index contributed by atoms with van der Waals surface area (Å²) in [5.41, 5.74) is 2.58. The topological polar surface area (TPSA) is 104 Å². The van der Waals surface area contributed by atoms with Gasteiger partial charge in [0.1, 0.15) is 5.82 Å². The zero-order valence-corrected chi connectivity index (χ0v) is 19.4. The molecule has 0 saturated carbocycles. The third kappa shape index (κ3) is 5.82. The van der Waals surface area contributed by atoms with Crippen molar-refractivity contribution in [3.8, 4) is 0 Å². The molecule has 0 bridgehead atoms. The number of carbonyl (C=O) groups is 3. The standard InChI is InChI=1S/C24H24FN5O3S/c1-15-4-6-16(7-5-15)13-26-20(31)17-3-2-12-30(14-17)24(33)23-29-28-22(34-23)21(32)27-19-10-8-18(25)9-11-19/h4-11,17H,2-3,12-14H2,1H3,(H,26,31)(H,27,32)/t17-/m0/s1. The van der Waals surface area contributed by atoms with Crippen LogP contribution in [-0.4, -0.2) is 45.9 Å². The van der Waals surface area contributed by atoms with E-state index in [2.05, 4.69) is 20.8 Å². The molecule has 2 heterocycles. The first kappa shape index (κ1) is 23.5. The molecule has 34 heavy (non-hydrogen) atoms. The van der Waals surface area contributed by atoms with Crippen LogP contribution in [0.2, 0.25) is 0 Å². The van der Waals surface area contributed by atoms with E-state index in [0.717, 1.165) is 22.5 Å². The van der Waals surface area contributed by atoms with Crippen molar-refractivity contribution in [1.82, 2.24) is 20.4 Å². The Morgan fingerprint density at radius 2 is 1.76 bits per heavy atom. The second kappa shape index (κ2) is 10.5. The molecule has 4 rings (SSSR count). The van der Waals surface area contributed by atoms with Crippen molar-refractivity contribution < 1.29 is 18.8 Å². The quantitative estimate of drug-likeness (QED) is 0.562. The van der Waals surface area contributed by atoms with Crippen LogP contribution in [-0.2, 0) is 11.3 Å². The molecule has 1 atom stereocenters. The van der Waals surface area contributed by atoms with Gasteiger partial charge in [0, 0.05) is 25.3 Å². The summed E-state index contributed by atoms with van der Waals surface area (Å²) in [7, 11) is 0. The minimum Gasteiger partial charge on any atom is -0.352 e. The van der Waals surface area contributed by atoms with Crippen LogP contribution in [0.4, 0.5) is 10.1 Å². The Morgan fingerprint density at radius 3 is 2.50 bits per heavy atom. The molecular formula is C24H24FN5O3S. The fourth-order valence-corrected chi connectivity index (χ4v) is 4.38. The van der Waals surface area contributed by atoms with E-state index in [9.17, 15) is 18.8 Å². The molecule has 8 nitrogen and oxygen atoms in total. The minimum absolute atomic E-state index is 0.0251. The molecule has 0 radical (unpaired) electrons. The SMILES string of the molecule is Cc1ccc(CNC(=O)[C@H]2CCCN(C(=O)c3nnc(C(=O)Nc4ccc(F)cc4)s3)C2)cc1. The van der Waals surface area contributed by atoms with Crippen LogP contribution >= 0.6 is 11.3 Å². The van der Waals surface area contributed by atoms with Gasteiger partial charge >= 0.3 is 0 Å². The summed E-state index contributed by atoms with van der Waals surface area (Å²) in [6.07, 6.45) is 1.40. The highest BCUT2D eigenvalue weighted by Crippen LogP contribution is 2.21. The van der Waals surface area contributed by atoms with Crippen LogP contribution in [0, 0.1) is 18.7 Å². The molecule has 3 amide bonds. The maximum Gasteiger partial charge on any atom is 0.286 e. The maximum absolute atomic E-state index is 13.0. The molecule has 1 aliphatic heterocycles. The van der Waals surface area contributed by atoms with Crippen molar-refractivity contribution in [2.24, 2.45) is 5.92 Å². The first-order chi connectivity index (χ1) is 16.4. The van der Waals surface area contributed by atoms with Gasteiger partial charge in [0.25, 0.3) is 11.8 Å². The highest BCUT2D eigenvalue weighted by Gasteiger charge is 2.30. The number of aromatic nitrogens is 2. The van der Waals surface area contributed by atoms with Crippen molar-refractivity contribution in [2.45, 2.75) is 26.3 Å². The highest BCUT2D eigenvalue weighted by atomic mass is 32.1. The lowest BCUT2D eigenvalue weighted by atomic mass is 9.97. The number of piperidine rings is 1. The molecule has 0 spiro atoms. The second-order valence-corrected chi connectivity index (χ2v) is 9.14. The number of likely N-dealkylation sites (tertiary alicyclic amines) is 1. The summed E-state index contributed by atoms with van der Waals surface area (Å²) in [5, 5.41) is 13.4. The summed E-state index contributed by atoms with van der Waals surface area (Å²) in [4.78, 5) is 39.6. The third-order valence-electron chi connectivity index (χ3n) is 5.57. The van der Waals surface area contributed by atoms with E-state index in [1.54, 1.807) is 4.90 Å². The Hall–Kier alpha value is -3.66. The van der Waals surface area contributed by atoms with Gasteiger partial charge in [-0.15, -0.1) is 10.2 Å². The number of amides is 3. The van der Waals surface area contributed by atoms with E-state index < -0.39 is 11.7 Å². The van der Waals surface area contributed by atoms with Crippen LogP contribution in [0.5, 0.6) is 0 Å². The van der Waals surface area contributed by atoms with Crippen molar-refractivity contribution in [3.63, 3.8) is 0 Å². The predicted octanol–water partition coefficient (Wildman–Crippen LogP) is 3.41. The molecule has 2 N–H and O–H groups in total. The number of hydrogen-bond acceptors (Lipinski definition) is 6. The van der Waals surface area contributed by atoms with E-state index in [1.807, 2.05) is 31.2 Å². The lowest BCUT2D eigenvalue weighted by Gasteiger charge is -2.31. The van der Waals surface area contributed by atoms with Crippen molar-refractivity contribution in [1.29, 1.82) is 0 Å². The normalized spacial score (nSPS) is 15.6. The summed E-state index contributed by atoms with van der Waals surface area (Å²) in [6.45, 7) is 3.24. The minimum atomic E-state index is -0.532.